The lowest BCUT2D eigenvalue weighted by atomic mass is 10.1. The van der Waals surface area contributed by atoms with Gasteiger partial charge in [-0.3, -0.25) is 4.68 Å². The van der Waals surface area contributed by atoms with E-state index in [0.717, 1.165) is 0 Å². The van der Waals surface area contributed by atoms with Crippen molar-refractivity contribution in [1.82, 2.24) is 9.78 Å². The Morgan fingerprint density at radius 2 is 2.14 bits per heavy atom. The Hall–Kier alpha value is -0.680. The van der Waals surface area contributed by atoms with Crippen molar-refractivity contribution >= 4 is 11.6 Å². The van der Waals surface area contributed by atoms with Crippen molar-refractivity contribution in [3.63, 3.8) is 0 Å². The first-order valence-corrected chi connectivity index (χ1v) is 4.51. The Labute approximate surface area is 85.8 Å². The van der Waals surface area contributed by atoms with Crippen LogP contribution in [0.1, 0.15) is 11.3 Å². The van der Waals surface area contributed by atoms with Gasteiger partial charge in [0.25, 0.3) is 5.92 Å². The predicted octanol–water partition coefficient (Wildman–Crippen LogP) is 1.52. The zero-order chi connectivity index (χ0) is 10.9. The van der Waals surface area contributed by atoms with Crippen LogP contribution in [0.15, 0.2) is 0 Å². The maximum absolute atomic E-state index is 13.0. The molecule has 0 aromatic carbocycles. The van der Waals surface area contributed by atoms with Crippen LogP contribution in [0, 0.1) is 6.92 Å². The summed E-state index contributed by atoms with van der Waals surface area (Å²) in [7, 11) is 1.61. The Balaban J connectivity index is 2.97. The van der Waals surface area contributed by atoms with Crippen molar-refractivity contribution in [3.8, 4) is 0 Å². The Bertz CT molecular complexity index is 336. The summed E-state index contributed by atoms with van der Waals surface area (Å²) in [6.07, 6.45) is -0.456. The minimum atomic E-state index is -2.92. The molecule has 0 aliphatic carbocycles. The van der Waals surface area contributed by atoms with Crippen LogP contribution in [-0.4, -0.2) is 22.2 Å². The first-order chi connectivity index (χ1) is 6.37. The van der Waals surface area contributed by atoms with Gasteiger partial charge in [-0.2, -0.15) is 5.10 Å². The van der Waals surface area contributed by atoms with Crippen LogP contribution < -0.4 is 5.73 Å². The number of nitrogens with two attached hydrogens (primary N) is 1. The average molecular weight is 224 g/mol. The molecule has 0 amide bonds. The van der Waals surface area contributed by atoms with Gasteiger partial charge in [0.1, 0.15) is 5.15 Å². The molecule has 0 saturated heterocycles. The van der Waals surface area contributed by atoms with Crippen LogP contribution in [0.4, 0.5) is 8.78 Å². The molecule has 0 unspecified atom stereocenters. The minimum absolute atomic E-state index is 0.246. The maximum atomic E-state index is 13.0. The fourth-order valence-electron chi connectivity index (χ4n) is 1.21. The second-order valence-electron chi connectivity index (χ2n) is 3.22. The molecular formula is C8H12ClF2N3. The highest BCUT2D eigenvalue weighted by Crippen LogP contribution is 2.26. The molecule has 6 heteroatoms. The van der Waals surface area contributed by atoms with E-state index in [1.54, 1.807) is 14.0 Å². The Morgan fingerprint density at radius 3 is 2.50 bits per heavy atom. The number of aromatic nitrogens is 2. The van der Waals surface area contributed by atoms with Crippen molar-refractivity contribution in [3.05, 3.63) is 16.4 Å². The monoisotopic (exact) mass is 223 g/mol. The molecule has 14 heavy (non-hydrogen) atoms. The standard InChI is InChI=1S/C8H12ClF2N3/c1-5-6(3-8(10,11)4-12)7(9)14(2)13-5/h3-4,12H2,1-2H3. The number of halogens is 3. The first-order valence-electron chi connectivity index (χ1n) is 4.13. The smallest absolute Gasteiger partial charge is 0.264 e. The zero-order valence-corrected chi connectivity index (χ0v) is 8.78. The molecular weight excluding hydrogens is 212 g/mol. The molecule has 0 aliphatic heterocycles. The van der Waals surface area contributed by atoms with Gasteiger partial charge in [0.15, 0.2) is 0 Å². The number of aryl methyl sites for hydroxylation is 2. The van der Waals surface area contributed by atoms with E-state index < -0.39 is 18.9 Å². The summed E-state index contributed by atoms with van der Waals surface area (Å²) >= 11 is 5.80. The van der Waals surface area contributed by atoms with Gasteiger partial charge in [-0.25, -0.2) is 8.78 Å². The van der Waals surface area contributed by atoms with E-state index in [-0.39, 0.29) is 5.15 Å². The molecule has 0 aliphatic rings. The third-order valence-corrected chi connectivity index (χ3v) is 2.48. The maximum Gasteiger partial charge on any atom is 0.264 e. The lowest BCUT2D eigenvalue weighted by molar-refractivity contribution is 0.0113. The van der Waals surface area contributed by atoms with E-state index in [4.69, 9.17) is 17.3 Å². The van der Waals surface area contributed by atoms with Gasteiger partial charge in [0.05, 0.1) is 12.2 Å². The molecule has 0 spiro atoms. The zero-order valence-electron chi connectivity index (χ0n) is 8.02. The Kier molecular flexibility index (Phi) is 3.11. The van der Waals surface area contributed by atoms with Crippen molar-refractivity contribution in [2.45, 2.75) is 19.3 Å². The summed E-state index contributed by atoms with van der Waals surface area (Å²) in [5.74, 6) is -2.92. The highest BCUT2D eigenvalue weighted by Gasteiger charge is 2.30. The Morgan fingerprint density at radius 1 is 1.57 bits per heavy atom. The average Bonchev–Trinajstić information content (AvgIpc) is 2.32. The molecule has 1 rings (SSSR count). The van der Waals surface area contributed by atoms with Crippen LogP contribution in [-0.2, 0) is 13.5 Å². The van der Waals surface area contributed by atoms with E-state index in [0.29, 0.717) is 11.3 Å². The summed E-state index contributed by atoms with van der Waals surface area (Å²) in [6, 6.07) is 0. The van der Waals surface area contributed by atoms with Crippen LogP contribution >= 0.6 is 11.6 Å². The number of nitrogens with zero attached hydrogens (tertiary/aromatic N) is 2. The molecule has 2 N–H and O–H groups in total. The molecule has 0 radical (unpaired) electrons. The van der Waals surface area contributed by atoms with Gasteiger partial charge in [-0.15, -0.1) is 0 Å². The van der Waals surface area contributed by atoms with E-state index in [1.165, 1.54) is 4.68 Å². The van der Waals surface area contributed by atoms with E-state index in [9.17, 15) is 8.78 Å². The topological polar surface area (TPSA) is 43.8 Å². The highest BCUT2D eigenvalue weighted by atomic mass is 35.5. The summed E-state index contributed by atoms with van der Waals surface area (Å²) in [4.78, 5) is 0. The third-order valence-electron chi connectivity index (χ3n) is 2.00. The fraction of sp³-hybridized carbons (Fsp3) is 0.625. The van der Waals surface area contributed by atoms with Gasteiger partial charge in [-0.05, 0) is 6.92 Å². The molecule has 1 aromatic heterocycles. The molecule has 1 heterocycles. The van der Waals surface area contributed by atoms with Crippen molar-refractivity contribution in [1.29, 1.82) is 0 Å². The second kappa shape index (κ2) is 3.82. The van der Waals surface area contributed by atoms with Gasteiger partial charge in [-0.1, -0.05) is 11.6 Å². The summed E-state index contributed by atoms with van der Waals surface area (Å²) in [5.41, 5.74) is 5.83. The quantitative estimate of drug-likeness (QED) is 0.845. The molecule has 0 atom stereocenters. The molecule has 3 nitrogen and oxygen atoms in total. The molecule has 0 bridgehead atoms. The van der Waals surface area contributed by atoms with Gasteiger partial charge >= 0.3 is 0 Å². The third kappa shape index (κ3) is 2.22. The molecule has 0 saturated carbocycles. The van der Waals surface area contributed by atoms with Crippen molar-refractivity contribution in [2.75, 3.05) is 6.54 Å². The predicted molar refractivity (Wildman–Crippen MR) is 50.7 cm³/mol. The second-order valence-corrected chi connectivity index (χ2v) is 3.57. The fourth-order valence-corrected chi connectivity index (χ4v) is 1.45. The van der Waals surface area contributed by atoms with Crippen LogP contribution in [0.3, 0.4) is 0 Å². The summed E-state index contributed by atoms with van der Waals surface area (Å²) in [5, 5.41) is 4.19. The van der Waals surface area contributed by atoms with E-state index in [2.05, 4.69) is 5.10 Å². The lowest BCUT2D eigenvalue weighted by Gasteiger charge is -2.13. The number of hydrogen-bond acceptors (Lipinski definition) is 2. The highest BCUT2D eigenvalue weighted by molar-refractivity contribution is 6.30. The molecule has 80 valence electrons. The number of rotatable bonds is 3. The van der Waals surface area contributed by atoms with Gasteiger partial charge < -0.3 is 5.73 Å². The minimum Gasteiger partial charge on any atom is -0.325 e. The van der Waals surface area contributed by atoms with Crippen LogP contribution in [0.2, 0.25) is 5.15 Å². The number of hydrogen-bond donors (Lipinski definition) is 1. The van der Waals surface area contributed by atoms with E-state index in [1.807, 2.05) is 0 Å². The van der Waals surface area contributed by atoms with Gasteiger partial charge in [0, 0.05) is 19.0 Å². The molecule has 0 fully saturated rings. The van der Waals surface area contributed by atoms with Crippen molar-refractivity contribution < 1.29 is 8.78 Å². The van der Waals surface area contributed by atoms with Gasteiger partial charge in [0.2, 0.25) is 0 Å². The van der Waals surface area contributed by atoms with E-state index >= 15 is 0 Å². The first kappa shape index (κ1) is 11.4. The van der Waals surface area contributed by atoms with Crippen LogP contribution in [0.5, 0.6) is 0 Å². The SMILES string of the molecule is Cc1nn(C)c(Cl)c1CC(F)(F)CN. The summed E-state index contributed by atoms with van der Waals surface area (Å²) < 4.78 is 27.3. The number of alkyl halides is 2. The summed E-state index contributed by atoms with van der Waals surface area (Å²) in [6.45, 7) is 0.964. The normalized spacial score (nSPS) is 12.1. The van der Waals surface area contributed by atoms with Crippen molar-refractivity contribution in [2.24, 2.45) is 12.8 Å². The largest absolute Gasteiger partial charge is 0.325 e. The van der Waals surface area contributed by atoms with Crippen LogP contribution in [0.25, 0.3) is 0 Å². The molecule has 1 aromatic rings. The lowest BCUT2D eigenvalue weighted by Crippen LogP contribution is -2.30.